The van der Waals surface area contributed by atoms with Gasteiger partial charge in [0.1, 0.15) is 5.75 Å². The van der Waals surface area contributed by atoms with Crippen molar-refractivity contribution in [1.29, 1.82) is 0 Å². The van der Waals surface area contributed by atoms with E-state index in [-0.39, 0.29) is 4.90 Å². The molecule has 0 unspecified atom stereocenters. The summed E-state index contributed by atoms with van der Waals surface area (Å²) in [7, 11) is 0.216. The average molecular weight is 348 g/mol. The monoisotopic (exact) mass is 348 g/mol. The highest BCUT2D eigenvalue weighted by atomic mass is 32.2. The third kappa shape index (κ3) is 4.49. The molecule has 2 aromatic rings. The normalized spacial score (nSPS) is 11.5. The van der Waals surface area contributed by atoms with Crippen LogP contribution in [0, 0.1) is 0 Å². The lowest BCUT2D eigenvalue weighted by atomic mass is 10.3. The summed E-state index contributed by atoms with van der Waals surface area (Å²) >= 11 is 0. The maximum absolute atomic E-state index is 13.1. The molecule has 0 bridgehead atoms. The molecule has 0 N–H and O–H groups in total. The molecule has 0 saturated carbocycles. The number of likely N-dealkylation sites (N-methyl/N-ethyl adjacent to an activating group) is 1. The minimum atomic E-state index is -3.63. The van der Waals surface area contributed by atoms with Gasteiger partial charge >= 0.3 is 0 Å². The molecule has 5 nitrogen and oxygen atoms in total. The lowest BCUT2D eigenvalue weighted by Crippen LogP contribution is -2.36. The van der Waals surface area contributed by atoms with Gasteiger partial charge in [0.25, 0.3) is 10.0 Å². The molecule has 0 saturated heterocycles. The lowest BCUT2D eigenvalue weighted by Gasteiger charge is -2.26. The molecule has 24 heavy (non-hydrogen) atoms. The van der Waals surface area contributed by atoms with Gasteiger partial charge in [-0.25, -0.2) is 8.42 Å². The Kier molecular flexibility index (Phi) is 6.23. The van der Waals surface area contributed by atoms with Crippen LogP contribution in [0.5, 0.6) is 5.75 Å². The van der Waals surface area contributed by atoms with Crippen molar-refractivity contribution in [2.24, 2.45) is 0 Å². The minimum Gasteiger partial charge on any atom is -0.494 e. The molecule has 2 rings (SSSR count). The summed E-state index contributed by atoms with van der Waals surface area (Å²) < 4.78 is 33.0. The lowest BCUT2D eigenvalue weighted by molar-refractivity contribution is 0.340. The van der Waals surface area contributed by atoms with Crippen LogP contribution in [0.25, 0.3) is 0 Å². The summed E-state index contributed by atoms with van der Waals surface area (Å²) in [6, 6.07) is 15.7. The number of hydrogen-bond donors (Lipinski definition) is 0. The van der Waals surface area contributed by atoms with Crippen LogP contribution in [0.4, 0.5) is 5.69 Å². The van der Waals surface area contributed by atoms with Crippen molar-refractivity contribution < 1.29 is 13.2 Å². The summed E-state index contributed by atoms with van der Waals surface area (Å²) in [5.41, 5.74) is 0.660. The fourth-order valence-corrected chi connectivity index (χ4v) is 3.73. The zero-order chi connectivity index (χ0) is 17.6. The van der Waals surface area contributed by atoms with E-state index in [2.05, 4.69) is 0 Å². The van der Waals surface area contributed by atoms with E-state index in [1.165, 1.54) is 4.31 Å². The van der Waals surface area contributed by atoms with Crippen LogP contribution in [0.3, 0.4) is 0 Å². The molecule has 130 valence electrons. The van der Waals surface area contributed by atoms with E-state index in [9.17, 15) is 8.42 Å². The van der Waals surface area contributed by atoms with Crippen LogP contribution >= 0.6 is 0 Å². The molecule has 0 fully saturated rings. The number of hydrogen-bond acceptors (Lipinski definition) is 4. The van der Waals surface area contributed by atoms with Crippen LogP contribution in [-0.4, -0.2) is 47.1 Å². The van der Waals surface area contributed by atoms with E-state index < -0.39 is 10.0 Å². The van der Waals surface area contributed by atoms with Crippen LogP contribution < -0.4 is 9.04 Å². The highest BCUT2D eigenvalue weighted by Gasteiger charge is 2.24. The van der Waals surface area contributed by atoms with Gasteiger partial charge in [-0.3, -0.25) is 4.31 Å². The van der Waals surface area contributed by atoms with Crippen molar-refractivity contribution in [2.75, 3.05) is 38.1 Å². The molecule has 0 aliphatic carbocycles. The molecule has 6 heteroatoms. The van der Waals surface area contributed by atoms with Gasteiger partial charge in [-0.2, -0.15) is 0 Å². The number of ether oxygens (including phenoxy) is 1. The molecular weight excluding hydrogens is 324 g/mol. The summed E-state index contributed by atoms with van der Waals surface area (Å²) in [6.45, 7) is 3.45. The number of para-hydroxylation sites is 1. The maximum atomic E-state index is 13.1. The fraction of sp³-hybridized carbons (Fsp3) is 0.333. The van der Waals surface area contributed by atoms with Gasteiger partial charge in [0.2, 0.25) is 0 Å². The summed E-state index contributed by atoms with van der Waals surface area (Å²) in [5, 5.41) is 0. The van der Waals surface area contributed by atoms with Crippen molar-refractivity contribution in [3.63, 3.8) is 0 Å². The quantitative estimate of drug-likeness (QED) is 0.736. The largest absolute Gasteiger partial charge is 0.494 e. The van der Waals surface area contributed by atoms with Gasteiger partial charge in [-0.1, -0.05) is 18.2 Å². The molecule has 0 aliphatic heterocycles. The van der Waals surface area contributed by atoms with Crippen molar-refractivity contribution in [3.05, 3.63) is 54.6 Å². The van der Waals surface area contributed by atoms with Gasteiger partial charge in [0.05, 0.1) is 17.2 Å². The van der Waals surface area contributed by atoms with E-state index in [0.717, 1.165) is 0 Å². The second-order valence-electron chi connectivity index (χ2n) is 5.62. The average Bonchev–Trinajstić information content (AvgIpc) is 2.56. The van der Waals surface area contributed by atoms with Crippen molar-refractivity contribution >= 4 is 15.7 Å². The number of nitrogens with zero attached hydrogens (tertiary/aromatic N) is 2. The Morgan fingerprint density at radius 3 is 2.08 bits per heavy atom. The van der Waals surface area contributed by atoms with E-state index in [1.807, 2.05) is 56.3 Å². The Morgan fingerprint density at radius 2 is 1.54 bits per heavy atom. The molecule has 2 aromatic carbocycles. The summed E-state index contributed by atoms with van der Waals surface area (Å²) in [6.07, 6.45) is 0. The molecule has 0 aliphatic rings. The van der Waals surface area contributed by atoms with E-state index >= 15 is 0 Å². The van der Waals surface area contributed by atoms with Gasteiger partial charge in [-0.15, -0.1) is 0 Å². The highest BCUT2D eigenvalue weighted by molar-refractivity contribution is 7.92. The topological polar surface area (TPSA) is 49.9 Å². The highest BCUT2D eigenvalue weighted by Crippen LogP contribution is 2.24. The molecule has 0 spiro atoms. The standard InChI is InChI=1S/C18H24N2O3S/c1-4-23-17-10-12-18(13-11-17)24(21,22)20(15-14-19(2)3)16-8-6-5-7-9-16/h5-13H,4,14-15H2,1-3H3. The van der Waals surface area contributed by atoms with Gasteiger partial charge in [-0.05, 0) is 57.4 Å². The number of rotatable bonds is 8. The first-order chi connectivity index (χ1) is 11.4. The fourth-order valence-electron chi connectivity index (χ4n) is 2.27. The first-order valence-electron chi connectivity index (χ1n) is 7.90. The van der Waals surface area contributed by atoms with Crippen LogP contribution in [0.1, 0.15) is 6.92 Å². The van der Waals surface area contributed by atoms with Crippen LogP contribution in [0.15, 0.2) is 59.5 Å². The molecule has 0 heterocycles. The molecular formula is C18H24N2O3S. The number of sulfonamides is 1. The van der Waals surface area contributed by atoms with Crippen molar-refractivity contribution in [1.82, 2.24) is 4.90 Å². The van der Waals surface area contributed by atoms with E-state index in [1.54, 1.807) is 24.3 Å². The van der Waals surface area contributed by atoms with Crippen LogP contribution in [-0.2, 0) is 10.0 Å². The van der Waals surface area contributed by atoms with Crippen LogP contribution in [0.2, 0.25) is 0 Å². The third-order valence-corrected chi connectivity index (χ3v) is 5.36. The molecule has 0 aromatic heterocycles. The molecule has 0 amide bonds. The van der Waals surface area contributed by atoms with E-state index in [4.69, 9.17) is 4.74 Å². The van der Waals surface area contributed by atoms with Gasteiger partial charge < -0.3 is 9.64 Å². The predicted molar refractivity (Wildman–Crippen MR) is 97.1 cm³/mol. The van der Waals surface area contributed by atoms with Crippen molar-refractivity contribution in [3.8, 4) is 5.75 Å². The molecule has 0 radical (unpaired) electrons. The van der Waals surface area contributed by atoms with E-state index in [0.29, 0.717) is 31.1 Å². The first kappa shape index (κ1) is 18.3. The Hall–Kier alpha value is -2.05. The zero-order valence-corrected chi connectivity index (χ0v) is 15.2. The number of benzene rings is 2. The molecule has 0 atom stereocenters. The Morgan fingerprint density at radius 1 is 0.917 bits per heavy atom. The predicted octanol–water partition coefficient (Wildman–Crippen LogP) is 2.84. The number of anilines is 1. The van der Waals surface area contributed by atoms with Gasteiger partial charge in [0.15, 0.2) is 0 Å². The Bertz CT molecular complexity index is 729. The summed E-state index contributed by atoms with van der Waals surface area (Å²) in [5.74, 6) is 0.663. The first-order valence-corrected chi connectivity index (χ1v) is 9.34. The van der Waals surface area contributed by atoms with Crippen molar-refractivity contribution in [2.45, 2.75) is 11.8 Å². The Labute approximate surface area is 144 Å². The van der Waals surface area contributed by atoms with Gasteiger partial charge in [0, 0.05) is 13.1 Å². The zero-order valence-electron chi connectivity index (χ0n) is 14.3. The second-order valence-corrected chi connectivity index (χ2v) is 7.48. The summed E-state index contributed by atoms with van der Waals surface area (Å²) in [4.78, 5) is 2.22. The smallest absolute Gasteiger partial charge is 0.264 e. The maximum Gasteiger partial charge on any atom is 0.264 e. The minimum absolute atomic E-state index is 0.258. The second kappa shape index (κ2) is 8.17. The Balaban J connectivity index is 2.35. The third-order valence-electron chi connectivity index (χ3n) is 3.52. The SMILES string of the molecule is CCOc1ccc(S(=O)(=O)N(CCN(C)C)c2ccccc2)cc1.